The van der Waals surface area contributed by atoms with Crippen LogP contribution in [0.1, 0.15) is 74.3 Å². The first-order valence-electron chi connectivity index (χ1n) is 16.0. The van der Waals surface area contributed by atoms with Crippen LogP contribution < -0.4 is 4.98 Å². The van der Waals surface area contributed by atoms with Crippen molar-refractivity contribution in [2.75, 3.05) is 13.7 Å². The first-order valence-corrected chi connectivity index (χ1v) is 16.0. The molecule has 0 saturated carbocycles. The Kier molecular flexibility index (Phi) is 7.23. The van der Waals surface area contributed by atoms with Gasteiger partial charge in [-0.25, -0.2) is 0 Å². The topological polar surface area (TPSA) is 140 Å². The number of allylic oxidation sites excluding steroid dienone is 5. The van der Waals surface area contributed by atoms with Gasteiger partial charge >= 0.3 is 41.1 Å². The number of aliphatic carboxylic acids is 1. The van der Waals surface area contributed by atoms with Crippen LogP contribution in [-0.2, 0) is 18.7 Å². The molecular weight excluding hydrogens is 597 g/mol. The number of aromatic nitrogens is 1. The van der Waals surface area contributed by atoms with E-state index < -0.39 is 17.9 Å². The largest absolute Gasteiger partial charge is 2.00 e. The van der Waals surface area contributed by atoms with Crippen molar-refractivity contribution in [2.24, 2.45) is 29.6 Å². The van der Waals surface area contributed by atoms with Gasteiger partial charge in [0.05, 0.1) is 7.11 Å². The summed E-state index contributed by atoms with van der Waals surface area (Å²) < 4.78 is 8.55. The summed E-state index contributed by atoms with van der Waals surface area (Å²) in [6, 6.07) is -0.0821. The summed E-state index contributed by atoms with van der Waals surface area (Å²) in [5.74, 6) is -3.24. The third-order valence-electron chi connectivity index (χ3n) is 11.5. The van der Waals surface area contributed by atoms with Gasteiger partial charge in [-0.15, -0.1) is 23.2 Å². The summed E-state index contributed by atoms with van der Waals surface area (Å²) in [5.41, 5.74) is 7.77. The number of rotatable bonds is 5. The minimum atomic E-state index is -1.20. The van der Waals surface area contributed by atoms with E-state index in [2.05, 4.69) is 31.2 Å². The summed E-state index contributed by atoms with van der Waals surface area (Å²) in [6.07, 6.45) is 7.82. The predicted molar refractivity (Wildman–Crippen MR) is 173 cm³/mol. The zero-order valence-electron chi connectivity index (χ0n) is 27.1. The molecular formula is C35H37MgN4O6-. The Morgan fingerprint density at radius 1 is 1.09 bits per heavy atom. The van der Waals surface area contributed by atoms with Gasteiger partial charge in [-0.2, -0.15) is 22.8 Å². The molecule has 4 fully saturated rings. The molecule has 10 nitrogen and oxygen atoms in total. The van der Waals surface area contributed by atoms with E-state index in [4.69, 9.17) is 25.7 Å². The molecule has 1 unspecified atom stereocenters. The fraction of sp³-hybridized carbons (Fsp3) is 0.514. The SMILES string of the molecule is CC[C@H]1/C2=C/c3[n-]c4c(c3C)C(=O)[C@H](C(=O)OC)/C4=C3/[N-]/C(=C\C4=C(C)[C@@]5(C(/C=C(\[N-]2)[C@@H]1C)[N-]4)[C@H]1C[O+]15)[C@@H](C)[C@@H]3CCC(=O)O.[Mg+2]. The third-order valence-corrected chi connectivity index (χ3v) is 11.5. The number of hydrogen-bond acceptors (Lipinski definition) is 4. The fourth-order valence-electron chi connectivity index (χ4n) is 8.74. The molecule has 8 rings (SSSR count). The van der Waals surface area contributed by atoms with Gasteiger partial charge in [0.25, 0.3) is 5.60 Å². The third kappa shape index (κ3) is 4.06. The maximum absolute atomic E-state index is 14.0. The Morgan fingerprint density at radius 2 is 1.80 bits per heavy atom. The van der Waals surface area contributed by atoms with E-state index in [1.54, 1.807) is 0 Å². The van der Waals surface area contributed by atoms with Gasteiger partial charge in [0.2, 0.25) is 6.61 Å². The van der Waals surface area contributed by atoms with Gasteiger partial charge < -0.3 is 35.1 Å². The normalized spacial score (nSPS) is 39.7. The summed E-state index contributed by atoms with van der Waals surface area (Å²) in [7, 11) is 1.27. The van der Waals surface area contributed by atoms with Gasteiger partial charge in [-0.1, -0.05) is 50.5 Å². The molecule has 11 heteroatoms. The first kappa shape index (κ1) is 31.3. The summed E-state index contributed by atoms with van der Waals surface area (Å²) >= 11 is 0. The molecule has 1 aromatic heterocycles. The number of ether oxygens (including phenoxy) is 1. The zero-order valence-corrected chi connectivity index (χ0v) is 28.5. The maximum Gasteiger partial charge on any atom is 2.00 e. The second-order valence-corrected chi connectivity index (χ2v) is 13.5. The van der Waals surface area contributed by atoms with Crippen molar-refractivity contribution in [3.8, 4) is 0 Å². The molecule has 8 bridgehead atoms. The molecule has 1 aliphatic carbocycles. The maximum atomic E-state index is 14.0. The quantitative estimate of drug-likeness (QED) is 0.146. The number of fused-ring (bicyclic) bond motifs is 11. The molecule has 46 heavy (non-hydrogen) atoms. The second kappa shape index (κ2) is 10.6. The van der Waals surface area contributed by atoms with Crippen molar-refractivity contribution >= 4 is 52.4 Å². The van der Waals surface area contributed by atoms with Crippen LogP contribution in [0, 0.1) is 36.5 Å². The Morgan fingerprint density at radius 3 is 2.43 bits per heavy atom. The van der Waals surface area contributed by atoms with Crippen LogP contribution in [0.4, 0.5) is 0 Å². The number of carboxylic acids is 1. The van der Waals surface area contributed by atoms with E-state index >= 15 is 0 Å². The van der Waals surface area contributed by atoms with Crippen molar-refractivity contribution in [1.29, 1.82) is 0 Å². The minimum Gasteiger partial charge on any atom is -0.671 e. The number of Topliss-reactive ketones (excluding diaryl/α,β-unsaturated/α-hetero) is 1. The number of hydrogen-bond donors (Lipinski definition) is 1. The van der Waals surface area contributed by atoms with Gasteiger partial charge in [0.15, 0.2) is 5.78 Å². The number of ketones is 1. The van der Waals surface area contributed by atoms with E-state index in [1.165, 1.54) is 12.7 Å². The van der Waals surface area contributed by atoms with E-state index in [0.717, 1.165) is 35.8 Å². The van der Waals surface area contributed by atoms with Crippen molar-refractivity contribution in [3.05, 3.63) is 84.7 Å². The molecule has 0 amide bonds. The molecule has 0 radical (unpaired) electrons. The van der Waals surface area contributed by atoms with Crippen molar-refractivity contribution in [3.63, 3.8) is 0 Å². The van der Waals surface area contributed by atoms with Crippen LogP contribution in [0.25, 0.3) is 27.6 Å². The van der Waals surface area contributed by atoms with Gasteiger partial charge in [-0.3, -0.25) is 14.4 Å². The molecule has 1 aromatic rings. The zero-order chi connectivity index (χ0) is 31.7. The summed E-state index contributed by atoms with van der Waals surface area (Å²) in [5, 5.41) is 25.2. The molecule has 8 atom stereocenters. The van der Waals surface area contributed by atoms with Crippen molar-refractivity contribution in [1.82, 2.24) is 4.98 Å². The Balaban J connectivity index is 0.00000338. The second-order valence-electron chi connectivity index (χ2n) is 13.5. The molecule has 236 valence electrons. The number of carbonyl (C=O) groups excluding carboxylic acids is 2. The van der Waals surface area contributed by atoms with Gasteiger partial charge in [-0.05, 0) is 50.0 Å². The van der Waals surface area contributed by atoms with Crippen LogP contribution in [0.3, 0.4) is 0 Å². The monoisotopic (exact) mass is 633 g/mol. The number of carbonyl (C=O) groups is 3. The van der Waals surface area contributed by atoms with E-state index in [-0.39, 0.29) is 70.6 Å². The van der Waals surface area contributed by atoms with Gasteiger partial charge in [0.1, 0.15) is 5.92 Å². The Bertz CT molecular complexity index is 1750. The van der Waals surface area contributed by atoms with Crippen molar-refractivity contribution in [2.45, 2.75) is 71.6 Å². The van der Waals surface area contributed by atoms with Crippen LogP contribution in [0.15, 0.2) is 46.2 Å². The van der Waals surface area contributed by atoms with E-state index in [1.807, 2.05) is 26.0 Å². The van der Waals surface area contributed by atoms with E-state index in [0.29, 0.717) is 46.3 Å². The molecule has 0 aromatic carbocycles. The smallest absolute Gasteiger partial charge is 0.671 e. The number of nitrogens with zero attached hydrogens (tertiary/aromatic N) is 4. The number of esters is 1. The fourth-order valence-corrected chi connectivity index (χ4v) is 8.74. The summed E-state index contributed by atoms with van der Waals surface area (Å²) in [6.45, 7) is 11.4. The molecule has 6 aliphatic heterocycles. The van der Waals surface area contributed by atoms with Crippen molar-refractivity contribution < 1.29 is 28.6 Å². The molecule has 4 saturated heterocycles. The van der Waals surface area contributed by atoms with Crippen LogP contribution in [0.5, 0.6) is 0 Å². The molecule has 1 N–H and O–H groups in total. The van der Waals surface area contributed by atoms with Crippen LogP contribution in [-0.4, -0.2) is 77.3 Å². The number of epoxide rings is 2. The van der Waals surface area contributed by atoms with Gasteiger partial charge in [0, 0.05) is 17.6 Å². The Labute approximate surface area is 284 Å². The van der Waals surface area contributed by atoms with Crippen LogP contribution in [0.2, 0.25) is 0 Å². The first-order chi connectivity index (χ1) is 21.5. The summed E-state index contributed by atoms with van der Waals surface area (Å²) in [4.78, 5) is 44.0. The number of carboxylic acid groups (broad SMARTS) is 1. The molecule has 7 aliphatic rings. The minimum absolute atomic E-state index is 0. The molecule has 1 spiro atoms. The average Bonchev–Trinajstić information content (AvgIpc) is 3.72. The standard InChI is InChI=1S/C35H39N4O6.Mg/c1-7-18-14(2)22-12-25-35(26-13-45(26)35)17(5)23(37-25)10-20-15(3)19(8-9-27(40)41)31(38-20)29-30(34(43)44-6)33(42)28-16(4)21(39-32(28)29)11-24(18)36-22;/h10-12,14-15,18-19,25-26,30H,7-9,13H2,1-6H3,(H3,38,39,40,41,42);/q-1;+2/p-2/b20-10-,22-12-,24-11-;/t14-,15+,18-,19+,25?,26-,30-,35-;/m1./s1. The number of methoxy groups -OCH3 is 1. The van der Waals surface area contributed by atoms with E-state index in [9.17, 15) is 19.5 Å². The average molecular weight is 634 g/mol. The molecule has 7 heterocycles. The predicted octanol–water partition coefficient (Wildman–Crippen LogP) is 5.66. The van der Waals surface area contributed by atoms with Crippen LogP contribution >= 0.6 is 0 Å². The Hall–Kier alpha value is -3.28.